The fourth-order valence-corrected chi connectivity index (χ4v) is 5.14. The molecule has 11 heteroatoms. The zero-order valence-corrected chi connectivity index (χ0v) is 17.2. The van der Waals surface area contributed by atoms with E-state index in [1.807, 2.05) is 13.8 Å². The molecule has 158 valence electrons. The molecule has 3 rings (SSSR count). The van der Waals surface area contributed by atoms with Gasteiger partial charge in [-0.15, -0.1) is 0 Å². The maximum absolute atomic E-state index is 13.0. The van der Waals surface area contributed by atoms with Crippen molar-refractivity contribution in [3.8, 4) is 0 Å². The summed E-state index contributed by atoms with van der Waals surface area (Å²) in [5, 5.41) is 6.18. The summed E-state index contributed by atoms with van der Waals surface area (Å²) in [5.41, 5.74) is -0.441. The largest absolute Gasteiger partial charge is 0.417 e. The first kappa shape index (κ1) is 21.6. The van der Waals surface area contributed by atoms with Crippen molar-refractivity contribution in [2.24, 2.45) is 0 Å². The van der Waals surface area contributed by atoms with Crippen LogP contribution in [0.15, 0.2) is 24.3 Å². The summed E-state index contributed by atoms with van der Waals surface area (Å²) in [6, 6.07) is 4.24. The number of amides is 1. The lowest BCUT2D eigenvalue weighted by Crippen LogP contribution is -2.18. The molecular weight excluding hydrogens is 431 g/mol. The van der Waals surface area contributed by atoms with E-state index in [0.29, 0.717) is 12.1 Å². The Kier molecular flexibility index (Phi) is 5.70. The number of nitrogens with one attached hydrogen (secondary N) is 1. The van der Waals surface area contributed by atoms with E-state index in [2.05, 4.69) is 10.4 Å². The summed E-state index contributed by atoms with van der Waals surface area (Å²) >= 11 is 5.59. The molecule has 1 N–H and O–H groups in total. The van der Waals surface area contributed by atoms with Crippen LogP contribution in [0.25, 0.3) is 0 Å². The van der Waals surface area contributed by atoms with Crippen molar-refractivity contribution in [1.29, 1.82) is 0 Å². The molecule has 0 bridgehead atoms. The molecule has 0 spiro atoms. The topological polar surface area (TPSA) is 81.1 Å². The van der Waals surface area contributed by atoms with Gasteiger partial charge < -0.3 is 5.32 Å². The van der Waals surface area contributed by atoms with Crippen molar-refractivity contribution in [2.45, 2.75) is 38.4 Å². The Morgan fingerprint density at radius 1 is 1.31 bits per heavy atom. The number of aromatic nitrogens is 2. The molecule has 1 aromatic carbocycles. The first-order chi connectivity index (χ1) is 13.4. The van der Waals surface area contributed by atoms with Gasteiger partial charge in [-0.1, -0.05) is 25.4 Å². The molecule has 1 aliphatic rings. The van der Waals surface area contributed by atoms with Crippen LogP contribution in [0.5, 0.6) is 0 Å². The Balaban J connectivity index is 1.88. The molecular formula is C18H19ClF3N3O3S. The minimum atomic E-state index is -4.65. The first-order valence-corrected chi connectivity index (χ1v) is 11.1. The summed E-state index contributed by atoms with van der Waals surface area (Å²) in [7, 11) is -3.15. The number of nitrogens with zero attached hydrogens (tertiary/aromatic N) is 2. The molecule has 0 radical (unpaired) electrons. The number of rotatable bonds is 4. The predicted octanol–water partition coefficient (Wildman–Crippen LogP) is 4.29. The Morgan fingerprint density at radius 3 is 2.55 bits per heavy atom. The van der Waals surface area contributed by atoms with Crippen molar-refractivity contribution in [2.75, 3.05) is 16.8 Å². The van der Waals surface area contributed by atoms with Gasteiger partial charge in [0.25, 0.3) is 5.91 Å². The SMILES string of the molecule is CC(C)c1cc(C(=O)Nc2ccc(Cl)c(C(F)(F)F)c2)nn1[C@H]1CCS(=O)(=O)C1. The van der Waals surface area contributed by atoms with Gasteiger partial charge >= 0.3 is 6.18 Å². The Labute approximate surface area is 171 Å². The summed E-state index contributed by atoms with van der Waals surface area (Å²) in [6.45, 7) is 3.76. The molecule has 1 aliphatic heterocycles. The highest BCUT2D eigenvalue weighted by Gasteiger charge is 2.34. The zero-order chi connectivity index (χ0) is 21.6. The quantitative estimate of drug-likeness (QED) is 0.755. The summed E-state index contributed by atoms with van der Waals surface area (Å²) in [6.07, 6.45) is -4.25. The molecule has 1 fully saturated rings. The van der Waals surface area contributed by atoms with Crippen molar-refractivity contribution < 1.29 is 26.4 Å². The number of benzene rings is 1. The molecule has 0 saturated carbocycles. The van der Waals surface area contributed by atoms with Gasteiger partial charge in [0.2, 0.25) is 0 Å². The van der Waals surface area contributed by atoms with Gasteiger partial charge in [0.15, 0.2) is 15.5 Å². The average molecular weight is 450 g/mol. The van der Waals surface area contributed by atoms with Crippen LogP contribution in [0, 0.1) is 0 Å². The van der Waals surface area contributed by atoms with Gasteiger partial charge in [0, 0.05) is 11.4 Å². The molecule has 29 heavy (non-hydrogen) atoms. The fraction of sp³-hybridized carbons (Fsp3) is 0.444. The van der Waals surface area contributed by atoms with E-state index >= 15 is 0 Å². The van der Waals surface area contributed by atoms with Crippen LogP contribution in [0.4, 0.5) is 18.9 Å². The van der Waals surface area contributed by atoms with E-state index in [-0.39, 0.29) is 34.8 Å². The molecule has 0 unspecified atom stereocenters. The van der Waals surface area contributed by atoms with Gasteiger partial charge in [-0.25, -0.2) is 8.42 Å². The van der Waals surface area contributed by atoms with E-state index in [4.69, 9.17) is 11.6 Å². The number of carbonyl (C=O) groups is 1. The second-order valence-corrected chi connectivity index (χ2v) is 9.89. The van der Waals surface area contributed by atoms with Crippen LogP contribution in [0.1, 0.15) is 54.0 Å². The van der Waals surface area contributed by atoms with Gasteiger partial charge in [-0.3, -0.25) is 9.48 Å². The highest BCUT2D eigenvalue weighted by molar-refractivity contribution is 7.91. The first-order valence-electron chi connectivity index (χ1n) is 8.85. The molecule has 6 nitrogen and oxygen atoms in total. The van der Waals surface area contributed by atoms with E-state index in [0.717, 1.165) is 12.1 Å². The zero-order valence-electron chi connectivity index (χ0n) is 15.6. The molecule has 1 aromatic heterocycles. The molecule has 2 heterocycles. The monoisotopic (exact) mass is 449 g/mol. The summed E-state index contributed by atoms with van der Waals surface area (Å²) < 4.78 is 64.2. The number of carbonyl (C=O) groups excluding carboxylic acids is 1. The third-order valence-electron chi connectivity index (χ3n) is 4.67. The van der Waals surface area contributed by atoms with Crippen LogP contribution >= 0.6 is 11.6 Å². The lowest BCUT2D eigenvalue weighted by molar-refractivity contribution is -0.137. The Bertz CT molecular complexity index is 1050. The van der Waals surface area contributed by atoms with Gasteiger partial charge in [0.1, 0.15) is 0 Å². The minimum absolute atomic E-state index is 0.00140. The second kappa shape index (κ2) is 7.64. The lowest BCUT2D eigenvalue weighted by Gasteiger charge is -2.15. The van der Waals surface area contributed by atoms with E-state index in [9.17, 15) is 26.4 Å². The molecule has 1 atom stereocenters. The smallest absolute Gasteiger partial charge is 0.321 e. The van der Waals surface area contributed by atoms with Gasteiger partial charge in [0.05, 0.1) is 28.1 Å². The normalized spacial score (nSPS) is 18.9. The van der Waals surface area contributed by atoms with Crippen LogP contribution in [-0.4, -0.2) is 35.6 Å². The third-order valence-corrected chi connectivity index (χ3v) is 6.75. The Morgan fingerprint density at radius 2 is 2.00 bits per heavy atom. The maximum Gasteiger partial charge on any atom is 0.417 e. The van der Waals surface area contributed by atoms with Gasteiger partial charge in [-0.05, 0) is 36.6 Å². The van der Waals surface area contributed by atoms with Crippen LogP contribution in [-0.2, 0) is 16.0 Å². The number of hydrogen-bond acceptors (Lipinski definition) is 4. The summed E-state index contributed by atoms with van der Waals surface area (Å²) in [5.74, 6) is -0.718. The van der Waals surface area contributed by atoms with Crippen LogP contribution in [0.3, 0.4) is 0 Å². The van der Waals surface area contributed by atoms with E-state index < -0.39 is 32.5 Å². The standard InChI is InChI=1S/C18H19ClF3N3O3S/c1-10(2)16-8-15(24-25(16)12-5-6-29(27,28)9-12)17(26)23-11-3-4-14(19)13(7-11)18(20,21)22/h3-4,7-8,10,12H,5-6,9H2,1-2H3,(H,23,26)/t12-/m0/s1. The third kappa shape index (κ3) is 4.75. The van der Waals surface area contributed by atoms with Crippen LogP contribution in [0.2, 0.25) is 5.02 Å². The maximum atomic E-state index is 13.0. The van der Waals surface area contributed by atoms with Crippen LogP contribution < -0.4 is 5.32 Å². The molecule has 1 saturated heterocycles. The Hall–Kier alpha value is -2.07. The van der Waals surface area contributed by atoms with Crippen molar-refractivity contribution in [3.63, 3.8) is 0 Å². The highest BCUT2D eigenvalue weighted by Crippen LogP contribution is 2.36. The predicted molar refractivity (Wildman–Crippen MR) is 103 cm³/mol. The summed E-state index contributed by atoms with van der Waals surface area (Å²) in [4.78, 5) is 12.6. The van der Waals surface area contributed by atoms with Gasteiger partial charge in [-0.2, -0.15) is 18.3 Å². The van der Waals surface area contributed by atoms with E-state index in [1.54, 1.807) is 4.68 Å². The van der Waals surface area contributed by atoms with Crippen molar-refractivity contribution in [1.82, 2.24) is 9.78 Å². The highest BCUT2D eigenvalue weighted by atomic mass is 35.5. The lowest BCUT2D eigenvalue weighted by atomic mass is 10.1. The number of alkyl halides is 3. The number of halogens is 4. The number of sulfone groups is 1. The molecule has 2 aromatic rings. The van der Waals surface area contributed by atoms with E-state index in [1.165, 1.54) is 12.1 Å². The second-order valence-electron chi connectivity index (χ2n) is 7.26. The van der Waals surface area contributed by atoms with Crippen molar-refractivity contribution >= 4 is 33.0 Å². The molecule has 0 aliphatic carbocycles. The number of hydrogen-bond donors (Lipinski definition) is 1. The minimum Gasteiger partial charge on any atom is -0.321 e. The molecule has 1 amide bonds. The number of anilines is 1. The fourth-order valence-electron chi connectivity index (χ4n) is 3.23. The van der Waals surface area contributed by atoms with Crippen molar-refractivity contribution in [3.05, 3.63) is 46.2 Å². The average Bonchev–Trinajstić information content (AvgIpc) is 3.19.